The van der Waals surface area contributed by atoms with Gasteiger partial charge in [-0.2, -0.15) is 0 Å². The Morgan fingerprint density at radius 2 is 0.632 bits per heavy atom. The molecule has 0 atom stereocenters. The maximum atomic E-state index is 12.9. The minimum atomic E-state index is -0.813. The average Bonchev–Trinajstić information content (AvgIpc) is 2.92. The lowest BCUT2D eigenvalue weighted by molar-refractivity contribution is 0.0373. The molecule has 2 aliphatic rings. The van der Waals surface area contributed by atoms with Crippen LogP contribution in [0, 0.1) is 0 Å². The highest BCUT2D eigenvalue weighted by Crippen LogP contribution is 2.55. The number of carbonyl (C=O) groups excluding carboxylic acids is 4. The molecule has 5 aromatic rings. The van der Waals surface area contributed by atoms with Gasteiger partial charge in [0.05, 0.1) is 50.7 Å². The molecule has 0 bridgehead atoms. The smallest absolute Gasteiger partial charge is 0.346 e. The van der Waals surface area contributed by atoms with Crippen molar-refractivity contribution in [2.45, 2.75) is 0 Å². The largest absolute Gasteiger partial charge is 0.496 e. The zero-order chi connectivity index (χ0) is 26.6. The first kappa shape index (κ1) is 22.1. The number of cyclic esters (lactones) is 4. The van der Waals surface area contributed by atoms with E-state index >= 15 is 0 Å². The van der Waals surface area contributed by atoms with Gasteiger partial charge < -0.3 is 28.4 Å². The number of methoxy groups -OCH3 is 4. The topological polar surface area (TPSA) is 124 Å². The van der Waals surface area contributed by atoms with Crippen molar-refractivity contribution in [3.8, 4) is 23.0 Å². The Morgan fingerprint density at radius 1 is 0.395 bits per heavy atom. The van der Waals surface area contributed by atoms with Crippen LogP contribution in [0.2, 0.25) is 0 Å². The molecule has 0 N–H and O–H groups in total. The highest BCUT2D eigenvalue weighted by molar-refractivity contribution is 6.43. The Hall–Kier alpha value is -5.12. The third kappa shape index (κ3) is 2.41. The van der Waals surface area contributed by atoms with Crippen molar-refractivity contribution in [2.24, 2.45) is 0 Å². The molecule has 0 radical (unpaired) electrons. The summed E-state index contributed by atoms with van der Waals surface area (Å²) in [5.74, 6) is -2.11. The van der Waals surface area contributed by atoms with Crippen LogP contribution in [-0.4, -0.2) is 52.3 Å². The molecule has 0 aromatic heterocycles. The number of hydrogen-bond acceptors (Lipinski definition) is 10. The van der Waals surface area contributed by atoms with Gasteiger partial charge in [-0.1, -0.05) is 0 Å². The van der Waals surface area contributed by atoms with Crippen molar-refractivity contribution in [1.82, 2.24) is 0 Å². The van der Waals surface area contributed by atoms with Crippen molar-refractivity contribution in [3.05, 3.63) is 46.5 Å². The van der Waals surface area contributed by atoms with E-state index in [1.165, 1.54) is 52.7 Å². The average molecular weight is 512 g/mol. The fourth-order valence-corrected chi connectivity index (χ4v) is 5.84. The standard InChI is InChI=1S/C28H16O10/c1-33-13-5-9-17-10(26(30)37-25(9)29)7-15(35-3)21-22-16(36-4)8-12-18-11(27(31)38-28(12)32)6-14(34-2)20(24(18)22)19(13)23(17)21/h5-8H,1-4H3. The zero-order valence-electron chi connectivity index (χ0n) is 20.4. The molecule has 0 saturated carbocycles. The van der Waals surface area contributed by atoms with Gasteiger partial charge in [-0.05, 0) is 24.3 Å². The molecule has 10 nitrogen and oxygen atoms in total. The van der Waals surface area contributed by atoms with Crippen LogP contribution in [0.1, 0.15) is 41.4 Å². The normalized spacial score (nSPS) is 14.4. The summed E-state index contributed by atoms with van der Waals surface area (Å²) in [7, 11) is 5.77. The van der Waals surface area contributed by atoms with E-state index in [1.54, 1.807) is 0 Å². The van der Waals surface area contributed by atoms with Crippen LogP contribution in [0.5, 0.6) is 23.0 Å². The Morgan fingerprint density at radius 3 is 0.842 bits per heavy atom. The molecule has 38 heavy (non-hydrogen) atoms. The summed E-state index contributed by atoms with van der Waals surface area (Å²) in [6.07, 6.45) is 0. The molecular formula is C28H16O10. The molecule has 0 spiro atoms. The molecule has 188 valence electrons. The van der Waals surface area contributed by atoms with Gasteiger partial charge in [0.2, 0.25) is 0 Å². The summed E-state index contributed by atoms with van der Waals surface area (Å²) < 4.78 is 33.0. The third-order valence-electron chi connectivity index (χ3n) is 7.29. The zero-order valence-corrected chi connectivity index (χ0v) is 20.4. The van der Waals surface area contributed by atoms with Gasteiger partial charge in [0.1, 0.15) is 23.0 Å². The van der Waals surface area contributed by atoms with E-state index < -0.39 is 23.9 Å². The van der Waals surface area contributed by atoms with E-state index in [1.807, 2.05) is 0 Å². The summed E-state index contributed by atoms with van der Waals surface area (Å²) in [5, 5.41) is 3.64. The molecule has 0 fully saturated rings. The van der Waals surface area contributed by atoms with Gasteiger partial charge >= 0.3 is 23.9 Å². The lowest BCUT2D eigenvalue weighted by Gasteiger charge is -2.27. The number of benzene rings is 5. The highest BCUT2D eigenvalue weighted by Gasteiger charge is 2.37. The Balaban J connectivity index is 1.94. The molecule has 0 amide bonds. The number of esters is 4. The van der Waals surface area contributed by atoms with E-state index in [0.29, 0.717) is 43.1 Å². The fourth-order valence-electron chi connectivity index (χ4n) is 5.84. The maximum absolute atomic E-state index is 12.9. The molecule has 5 aromatic carbocycles. The SMILES string of the molecule is COc1cc2c3c(cc(OC)c4c5c(OC)cc6c7c(cc(OC)c(c1c34)c75)C(=O)OC6=O)C(=O)OC2=O. The van der Waals surface area contributed by atoms with Gasteiger partial charge in [0.25, 0.3) is 0 Å². The van der Waals surface area contributed by atoms with Crippen molar-refractivity contribution in [2.75, 3.05) is 28.4 Å². The van der Waals surface area contributed by atoms with Crippen LogP contribution in [-0.2, 0) is 9.47 Å². The first-order chi connectivity index (χ1) is 18.3. The lowest BCUT2D eigenvalue weighted by Crippen LogP contribution is -2.21. The van der Waals surface area contributed by atoms with Gasteiger partial charge in [0, 0.05) is 43.1 Å². The summed E-state index contributed by atoms with van der Waals surface area (Å²) >= 11 is 0. The number of carbonyl (C=O) groups is 4. The van der Waals surface area contributed by atoms with Gasteiger partial charge in [0.15, 0.2) is 0 Å². The number of rotatable bonds is 4. The summed E-state index contributed by atoms with van der Waals surface area (Å²) in [4.78, 5) is 51.4. The Labute approximate surface area is 212 Å². The molecule has 0 aliphatic carbocycles. The quantitative estimate of drug-likeness (QED) is 0.148. The van der Waals surface area contributed by atoms with E-state index in [9.17, 15) is 19.2 Å². The van der Waals surface area contributed by atoms with Crippen molar-refractivity contribution >= 4 is 67.0 Å². The second kappa shape index (κ2) is 7.22. The Kier molecular flexibility index (Phi) is 4.20. The number of hydrogen-bond donors (Lipinski definition) is 0. The predicted octanol–water partition coefficient (Wildman–Crippen LogP) is 4.39. The minimum Gasteiger partial charge on any atom is -0.496 e. The van der Waals surface area contributed by atoms with Crippen LogP contribution in [0.4, 0.5) is 0 Å². The number of fused-ring (bicyclic) bond motifs is 2. The van der Waals surface area contributed by atoms with E-state index in [2.05, 4.69) is 0 Å². The van der Waals surface area contributed by atoms with Crippen LogP contribution in [0.25, 0.3) is 43.1 Å². The minimum absolute atomic E-state index is 0.143. The van der Waals surface area contributed by atoms with Crippen LogP contribution in [0.15, 0.2) is 24.3 Å². The second-order valence-electron chi connectivity index (χ2n) is 8.86. The van der Waals surface area contributed by atoms with Crippen LogP contribution in [0.3, 0.4) is 0 Å². The molecular weight excluding hydrogens is 496 g/mol. The second-order valence-corrected chi connectivity index (χ2v) is 8.86. The van der Waals surface area contributed by atoms with Gasteiger partial charge in [-0.15, -0.1) is 0 Å². The van der Waals surface area contributed by atoms with Gasteiger partial charge in [-0.25, -0.2) is 19.2 Å². The maximum Gasteiger partial charge on any atom is 0.346 e. The molecule has 10 heteroatoms. The van der Waals surface area contributed by atoms with Crippen molar-refractivity contribution in [3.63, 3.8) is 0 Å². The molecule has 7 rings (SSSR count). The summed E-state index contributed by atoms with van der Waals surface area (Å²) in [6, 6.07) is 6.01. The fraction of sp³-hybridized carbons (Fsp3) is 0.143. The monoisotopic (exact) mass is 512 g/mol. The lowest BCUT2D eigenvalue weighted by atomic mass is 9.82. The summed E-state index contributed by atoms with van der Waals surface area (Å²) in [6.45, 7) is 0. The Bertz CT molecular complexity index is 1710. The van der Waals surface area contributed by atoms with Gasteiger partial charge in [-0.3, -0.25) is 0 Å². The van der Waals surface area contributed by atoms with Crippen molar-refractivity contribution in [1.29, 1.82) is 0 Å². The van der Waals surface area contributed by atoms with E-state index in [-0.39, 0.29) is 45.3 Å². The van der Waals surface area contributed by atoms with Crippen molar-refractivity contribution < 1.29 is 47.6 Å². The van der Waals surface area contributed by atoms with Crippen LogP contribution >= 0.6 is 0 Å². The highest BCUT2D eigenvalue weighted by atomic mass is 16.6. The molecule has 0 unspecified atom stereocenters. The first-order valence-electron chi connectivity index (χ1n) is 11.4. The molecule has 2 heterocycles. The van der Waals surface area contributed by atoms with Crippen LogP contribution < -0.4 is 18.9 Å². The third-order valence-corrected chi connectivity index (χ3v) is 7.29. The number of ether oxygens (including phenoxy) is 6. The first-order valence-corrected chi connectivity index (χ1v) is 11.4. The molecule has 0 saturated heterocycles. The predicted molar refractivity (Wildman–Crippen MR) is 133 cm³/mol. The van der Waals surface area contributed by atoms with E-state index in [0.717, 1.165) is 0 Å². The molecule has 2 aliphatic heterocycles. The summed E-state index contributed by atoms with van der Waals surface area (Å²) in [5.41, 5.74) is 0.573. The van der Waals surface area contributed by atoms with E-state index in [4.69, 9.17) is 28.4 Å².